The van der Waals surface area contributed by atoms with E-state index in [9.17, 15) is 14.9 Å². The first-order valence-electron chi connectivity index (χ1n) is 3.83. The third-order valence-electron chi connectivity index (χ3n) is 1.60. The number of nitrogens with zero attached hydrogens (tertiary/aromatic N) is 2. The SMILES string of the molecule is CC(=O)N(c1ccc(N)cc1)[N+](=O)[O-]. The smallest absolute Gasteiger partial charge is 0.286 e. The molecular weight excluding hydrogens is 186 g/mol. The zero-order valence-electron chi connectivity index (χ0n) is 7.51. The van der Waals surface area contributed by atoms with Crippen LogP contribution >= 0.6 is 0 Å². The number of carbonyl (C=O) groups is 1. The number of anilines is 2. The number of hydrogen-bond donors (Lipinski definition) is 1. The number of benzene rings is 1. The molecule has 6 nitrogen and oxygen atoms in total. The maximum absolute atomic E-state index is 10.9. The molecule has 1 aromatic carbocycles. The van der Waals surface area contributed by atoms with E-state index in [4.69, 9.17) is 5.73 Å². The molecule has 0 bridgehead atoms. The molecule has 14 heavy (non-hydrogen) atoms. The topological polar surface area (TPSA) is 89.5 Å². The summed E-state index contributed by atoms with van der Waals surface area (Å²) in [5.74, 6) is -0.653. The average molecular weight is 195 g/mol. The Bertz CT molecular complexity index is 347. The highest BCUT2D eigenvalue weighted by Crippen LogP contribution is 2.16. The summed E-state index contributed by atoms with van der Waals surface area (Å²) in [6, 6.07) is 5.82. The second-order valence-electron chi connectivity index (χ2n) is 2.66. The van der Waals surface area contributed by atoms with Gasteiger partial charge in [-0.2, -0.15) is 0 Å². The molecule has 0 aliphatic heterocycles. The number of rotatable bonds is 2. The van der Waals surface area contributed by atoms with E-state index >= 15 is 0 Å². The summed E-state index contributed by atoms with van der Waals surface area (Å²) in [5, 5.41) is 10.2. The molecule has 2 N–H and O–H groups in total. The van der Waals surface area contributed by atoms with E-state index in [1.807, 2.05) is 0 Å². The summed E-state index contributed by atoms with van der Waals surface area (Å²) in [4.78, 5) is 21.4. The van der Waals surface area contributed by atoms with E-state index in [-0.39, 0.29) is 5.69 Å². The van der Waals surface area contributed by atoms with Crippen LogP contribution in [0, 0.1) is 10.1 Å². The largest absolute Gasteiger partial charge is 0.399 e. The van der Waals surface area contributed by atoms with Gasteiger partial charge in [0.25, 0.3) is 5.91 Å². The fourth-order valence-electron chi connectivity index (χ4n) is 1.01. The zero-order valence-corrected chi connectivity index (χ0v) is 7.51. The van der Waals surface area contributed by atoms with Crippen molar-refractivity contribution in [2.75, 3.05) is 10.7 Å². The minimum absolute atomic E-state index is 0.191. The minimum atomic E-state index is -0.770. The van der Waals surface area contributed by atoms with E-state index in [1.54, 1.807) is 0 Å². The molecule has 6 heteroatoms. The molecule has 0 fully saturated rings. The van der Waals surface area contributed by atoms with Crippen molar-refractivity contribution in [1.29, 1.82) is 0 Å². The number of hydrogen-bond acceptors (Lipinski definition) is 4. The molecule has 0 saturated carbocycles. The lowest BCUT2D eigenvalue weighted by Gasteiger charge is -2.09. The second-order valence-corrected chi connectivity index (χ2v) is 2.66. The zero-order chi connectivity index (χ0) is 10.7. The van der Waals surface area contributed by atoms with Crippen LogP contribution in [0.3, 0.4) is 0 Å². The lowest BCUT2D eigenvalue weighted by Crippen LogP contribution is -2.34. The van der Waals surface area contributed by atoms with Gasteiger partial charge in [-0.3, -0.25) is 4.79 Å². The molecule has 0 radical (unpaired) electrons. The van der Waals surface area contributed by atoms with Gasteiger partial charge in [0.05, 0.1) is 0 Å². The van der Waals surface area contributed by atoms with E-state index in [1.165, 1.54) is 24.3 Å². The molecule has 0 aromatic heterocycles. The lowest BCUT2D eigenvalue weighted by atomic mass is 10.3. The number of nitrogens with two attached hydrogens (primary N) is 1. The van der Waals surface area contributed by atoms with Gasteiger partial charge in [-0.1, -0.05) is 0 Å². The summed E-state index contributed by atoms with van der Waals surface area (Å²) in [6.07, 6.45) is 0. The molecular formula is C8H9N3O3. The fraction of sp³-hybridized carbons (Fsp3) is 0.125. The van der Waals surface area contributed by atoms with Crippen molar-refractivity contribution in [3.05, 3.63) is 34.4 Å². The van der Waals surface area contributed by atoms with E-state index < -0.39 is 10.9 Å². The van der Waals surface area contributed by atoms with Gasteiger partial charge < -0.3 is 5.73 Å². The van der Waals surface area contributed by atoms with E-state index in [0.29, 0.717) is 10.7 Å². The van der Waals surface area contributed by atoms with Gasteiger partial charge in [-0.05, 0) is 29.3 Å². The predicted molar refractivity (Wildman–Crippen MR) is 51.0 cm³/mol. The van der Waals surface area contributed by atoms with Crippen molar-refractivity contribution in [3.8, 4) is 0 Å². The molecule has 0 saturated heterocycles. The van der Waals surface area contributed by atoms with Crippen LogP contribution in [-0.4, -0.2) is 10.9 Å². The average Bonchev–Trinajstić information content (AvgIpc) is 2.07. The first kappa shape index (κ1) is 9.97. The molecule has 0 aliphatic rings. The van der Waals surface area contributed by atoms with Crippen molar-refractivity contribution < 1.29 is 9.83 Å². The standard InChI is InChI=1S/C8H9N3O3/c1-6(12)10(11(13)14)8-4-2-7(9)3-5-8/h2-5H,9H2,1H3. The summed E-state index contributed by atoms with van der Waals surface area (Å²) < 4.78 is 0. The Morgan fingerprint density at radius 2 is 1.93 bits per heavy atom. The van der Waals surface area contributed by atoms with Crippen molar-refractivity contribution in [2.45, 2.75) is 6.92 Å². The quantitative estimate of drug-likeness (QED) is 0.429. The molecule has 0 unspecified atom stereocenters. The van der Waals surface area contributed by atoms with Gasteiger partial charge in [0.1, 0.15) is 5.69 Å². The van der Waals surface area contributed by atoms with Gasteiger partial charge in [0, 0.05) is 12.6 Å². The number of amides is 1. The Labute approximate surface area is 80.0 Å². The molecule has 1 rings (SSSR count). The van der Waals surface area contributed by atoms with Gasteiger partial charge in [0.15, 0.2) is 5.03 Å². The first-order chi connectivity index (χ1) is 6.52. The number of hydrazine groups is 1. The van der Waals surface area contributed by atoms with Crippen molar-refractivity contribution in [3.63, 3.8) is 0 Å². The monoisotopic (exact) mass is 195 g/mol. The highest BCUT2D eigenvalue weighted by atomic mass is 16.7. The number of nitro groups is 1. The maximum atomic E-state index is 10.9. The molecule has 1 amide bonds. The molecule has 0 heterocycles. The maximum Gasteiger partial charge on any atom is 0.286 e. The molecule has 0 aliphatic carbocycles. The van der Waals surface area contributed by atoms with Crippen LogP contribution in [0.5, 0.6) is 0 Å². The molecule has 74 valence electrons. The Balaban J connectivity index is 3.06. The molecule has 0 spiro atoms. The fourth-order valence-corrected chi connectivity index (χ4v) is 1.01. The van der Waals surface area contributed by atoms with Gasteiger partial charge in [-0.25, -0.2) is 10.1 Å². The Hall–Kier alpha value is -2.11. The van der Waals surface area contributed by atoms with Crippen LogP contribution in [0.1, 0.15) is 6.92 Å². The first-order valence-corrected chi connectivity index (χ1v) is 3.83. The molecule has 1 aromatic rings. The second kappa shape index (κ2) is 3.73. The Morgan fingerprint density at radius 1 is 1.43 bits per heavy atom. The van der Waals surface area contributed by atoms with Crippen molar-refractivity contribution in [1.82, 2.24) is 0 Å². The third-order valence-corrected chi connectivity index (χ3v) is 1.60. The summed E-state index contributed by atoms with van der Waals surface area (Å²) >= 11 is 0. The van der Waals surface area contributed by atoms with E-state index in [0.717, 1.165) is 6.92 Å². The van der Waals surface area contributed by atoms with E-state index in [2.05, 4.69) is 0 Å². The van der Waals surface area contributed by atoms with Crippen LogP contribution in [0.2, 0.25) is 0 Å². The van der Waals surface area contributed by atoms with Crippen LogP contribution in [0.4, 0.5) is 11.4 Å². The predicted octanol–water partition coefficient (Wildman–Crippen LogP) is 0.813. The van der Waals surface area contributed by atoms with Crippen LogP contribution < -0.4 is 10.7 Å². The molecule has 0 atom stereocenters. The van der Waals surface area contributed by atoms with Gasteiger partial charge in [0.2, 0.25) is 0 Å². The highest BCUT2D eigenvalue weighted by molar-refractivity contribution is 5.89. The summed E-state index contributed by atoms with van der Waals surface area (Å²) in [7, 11) is 0. The van der Waals surface area contributed by atoms with Crippen LogP contribution in [0.25, 0.3) is 0 Å². The number of nitrogen functional groups attached to an aromatic ring is 1. The highest BCUT2D eigenvalue weighted by Gasteiger charge is 2.21. The van der Waals surface area contributed by atoms with Gasteiger partial charge in [-0.15, -0.1) is 0 Å². The van der Waals surface area contributed by atoms with Gasteiger partial charge >= 0.3 is 0 Å². The minimum Gasteiger partial charge on any atom is -0.399 e. The lowest BCUT2D eigenvalue weighted by molar-refractivity contribution is -0.483. The summed E-state index contributed by atoms with van der Waals surface area (Å²) in [6.45, 7) is 1.12. The van der Waals surface area contributed by atoms with Crippen molar-refractivity contribution in [2.24, 2.45) is 0 Å². The third kappa shape index (κ3) is 1.98. The summed E-state index contributed by atoms with van der Waals surface area (Å²) in [5.41, 5.74) is 6.08. The Morgan fingerprint density at radius 3 is 2.29 bits per heavy atom. The Kier molecular flexibility index (Phi) is 2.66. The normalized spacial score (nSPS) is 9.50. The van der Waals surface area contributed by atoms with Crippen molar-refractivity contribution >= 4 is 17.3 Å². The van der Waals surface area contributed by atoms with Crippen LogP contribution in [-0.2, 0) is 4.79 Å². The number of carbonyl (C=O) groups excluding carboxylic acids is 1. The van der Waals surface area contributed by atoms with Crippen LogP contribution in [0.15, 0.2) is 24.3 Å².